The molecule has 0 saturated carbocycles. The molecule has 3 rings (SSSR count). The molecule has 1 heterocycles. The molecule has 1 aliphatic heterocycles. The first-order valence-electron chi connectivity index (χ1n) is 10.8. The van der Waals surface area contributed by atoms with E-state index in [4.69, 9.17) is 4.74 Å². The van der Waals surface area contributed by atoms with Crippen LogP contribution in [-0.4, -0.2) is 69.1 Å². The zero-order chi connectivity index (χ0) is 22.4. The fourth-order valence-corrected chi connectivity index (χ4v) is 3.99. The fraction of sp³-hybridized carbons (Fsp3) is 0.440. The van der Waals surface area contributed by atoms with E-state index < -0.39 is 0 Å². The molecule has 1 amide bonds. The summed E-state index contributed by atoms with van der Waals surface area (Å²) in [6.07, 6.45) is 0.861. The van der Waals surface area contributed by atoms with Gasteiger partial charge in [0.1, 0.15) is 6.10 Å². The minimum atomic E-state index is 0. The Hall–Kier alpha value is -2.13. The SMILES string of the molecule is CN=C(NCCc1cccc(C(=O)N(C)C)c1)N1CCOC(c2ccc(C)cc2C)C1.I. The first-order chi connectivity index (χ1) is 14.9. The highest BCUT2D eigenvalue weighted by Gasteiger charge is 2.25. The lowest BCUT2D eigenvalue weighted by atomic mass is 10.00. The van der Waals surface area contributed by atoms with Crippen LogP contribution in [0.1, 0.15) is 38.7 Å². The van der Waals surface area contributed by atoms with Crippen molar-refractivity contribution in [2.75, 3.05) is 47.4 Å². The lowest BCUT2D eigenvalue weighted by Gasteiger charge is -2.36. The lowest BCUT2D eigenvalue weighted by Crippen LogP contribution is -2.48. The molecule has 32 heavy (non-hydrogen) atoms. The first-order valence-corrected chi connectivity index (χ1v) is 10.8. The number of carbonyl (C=O) groups is 1. The van der Waals surface area contributed by atoms with Gasteiger partial charge in [-0.1, -0.05) is 35.9 Å². The van der Waals surface area contributed by atoms with Crippen LogP contribution in [0.2, 0.25) is 0 Å². The number of morpholine rings is 1. The number of aryl methyl sites for hydroxylation is 2. The summed E-state index contributed by atoms with van der Waals surface area (Å²) < 4.78 is 6.08. The highest BCUT2D eigenvalue weighted by atomic mass is 127. The Bertz CT molecular complexity index is 945. The number of carbonyl (C=O) groups excluding carboxylic acids is 1. The summed E-state index contributed by atoms with van der Waals surface area (Å²) in [5.41, 5.74) is 5.62. The van der Waals surface area contributed by atoms with Crippen molar-refractivity contribution in [2.45, 2.75) is 26.4 Å². The Morgan fingerprint density at radius 1 is 1.22 bits per heavy atom. The highest BCUT2D eigenvalue weighted by Crippen LogP contribution is 2.25. The van der Waals surface area contributed by atoms with Crippen LogP contribution in [0.3, 0.4) is 0 Å². The van der Waals surface area contributed by atoms with E-state index in [2.05, 4.69) is 53.3 Å². The Labute approximate surface area is 209 Å². The predicted octanol–water partition coefficient (Wildman–Crippen LogP) is 3.81. The monoisotopic (exact) mass is 550 g/mol. The van der Waals surface area contributed by atoms with Gasteiger partial charge in [-0.05, 0) is 49.1 Å². The van der Waals surface area contributed by atoms with Gasteiger partial charge in [-0.15, -0.1) is 24.0 Å². The van der Waals surface area contributed by atoms with Crippen molar-refractivity contribution in [3.05, 3.63) is 70.3 Å². The molecular formula is C25H35IN4O2. The average Bonchev–Trinajstić information content (AvgIpc) is 2.76. The Morgan fingerprint density at radius 3 is 2.69 bits per heavy atom. The van der Waals surface area contributed by atoms with Crippen LogP contribution in [0.4, 0.5) is 0 Å². The van der Waals surface area contributed by atoms with Crippen molar-refractivity contribution in [1.82, 2.24) is 15.1 Å². The van der Waals surface area contributed by atoms with Crippen molar-refractivity contribution in [1.29, 1.82) is 0 Å². The van der Waals surface area contributed by atoms with E-state index in [1.54, 1.807) is 19.0 Å². The van der Waals surface area contributed by atoms with E-state index in [0.29, 0.717) is 6.61 Å². The number of hydrogen-bond donors (Lipinski definition) is 1. The number of halogens is 1. The molecule has 1 atom stereocenters. The molecule has 1 N–H and O–H groups in total. The van der Waals surface area contributed by atoms with Gasteiger partial charge in [-0.25, -0.2) is 0 Å². The Balaban J connectivity index is 0.00000363. The van der Waals surface area contributed by atoms with Crippen molar-refractivity contribution in [3.63, 3.8) is 0 Å². The summed E-state index contributed by atoms with van der Waals surface area (Å²) in [5, 5.41) is 3.48. The Kier molecular flexibility index (Phi) is 9.96. The third-order valence-electron chi connectivity index (χ3n) is 5.63. The van der Waals surface area contributed by atoms with Crippen LogP contribution in [0.25, 0.3) is 0 Å². The zero-order valence-corrected chi connectivity index (χ0v) is 22.1. The van der Waals surface area contributed by atoms with E-state index >= 15 is 0 Å². The van der Waals surface area contributed by atoms with Crippen LogP contribution < -0.4 is 5.32 Å². The molecule has 2 aromatic rings. The lowest BCUT2D eigenvalue weighted by molar-refractivity contribution is -0.00830. The van der Waals surface area contributed by atoms with Crippen molar-refractivity contribution in [2.24, 2.45) is 4.99 Å². The van der Waals surface area contributed by atoms with E-state index in [0.717, 1.165) is 43.1 Å². The van der Waals surface area contributed by atoms with Crippen molar-refractivity contribution >= 4 is 35.8 Å². The third kappa shape index (κ3) is 6.68. The summed E-state index contributed by atoms with van der Waals surface area (Å²) in [6.45, 7) is 7.27. The quantitative estimate of drug-likeness (QED) is 0.350. The van der Waals surface area contributed by atoms with Crippen LogP contribution in [0.15, 0.2) is 47.5 Å². The van der Waals surface area contributed by atoms with E-state index in [-0.39, 0.29) is 36.0 Å². The van der Waals surface area contributed by atoms with Gasteiger partial charge in [-0.2, -0.15) is 0 Å². The molecule has 0 radical (unpaired) electrons. The molecule has 1 saturated heterocycles. The number of guanidine groups is 1. The number of hydrogen-bond acceptors (Lipinski definition) is 3. The standard InChI is InChI=1S/C25H34N4O2.HI/c1-18-9-10-22(19(2)15-18)23-17-29(13-14-31-23)25(26-3)27-12-11-20-7-6-8-21(16-20)24(30)28(4)5;/h6-10,15-16,23H,11-14,17H2,1-5H3,(H,26,27);1H. The molecule has 0 aliphatic carbocycles. The molecule has 0 bridgehead atoms. The maximum atomic E-state index is 12.2. The fourth-order valence-electron chi connectivity index (χ4n) is 3.99. The predicted molar refractivity (Wildman–Crippen MR) is 141 cm³/mol. The van der Waals surface area contributed by atoms with Gasteiger partial charge in [0, 0.05) is 39.8 Å². The second-order valence-electron chi connectivity index (χ2n) is 8.29. The van der Waals surface area contributed by atoms with Gasteiger partial charge in [0.2, 0.25) is 0 Å². The number of ether oxygens (including phenoxy) is 1. The van der Waals surface area contributed by atoms with E-state index in [1.807, 2.05) is 25.2 Å². The van der Waals surface area contributed by atoms with Crippen LogP contribution >= 0.6 is 24.0 Å². The molecule has 174 valence electrons. The molecule has 2 aromatic carbocycles. The van der Waals surface area contributed by atoms with Gasteiger partial charge in [0.25, 0.3) is 5.91 Å². The largest absolute Gasteiger partial charge is 0.370 e. The number of benzene rings is 2. The normalized spacial score (nSPS) is 16.3. The zero-order valence-electron chi connectivity index (χ0n) is 19.7. The van der Waals surface area contributed by atoms with E-state index in [1.165, 1.54) is 16.7 Å². The topological polar surface area (TPSA) is 57.2 Å². The molecule has 7 heteroatoms. The number of aliphatic imine (C=N–C) groups is 1. The first kappa shape index (κ1) is 26.1. The molecule has 1 unspecified atom stereocenters. The highest BCUT2D eigenvalue weighted by molar-refractivity contribution is 14.0. The van der Waals surface area contributed by atoms with Gasteiger partial charge in [-0.3, -0.25) is 9.79 Å². The van der Waals surface area contributed by atoms with Crippen LogP contribution in [-0.2, 0) is 11.2 Å². The number of rotatable bonds is 5. The molecule has 1 aliphatic rings. The number of amides is 1. The maximum Gasteiger partial charge on any atom is 0.253 e. The average molecular weight is 550 g/mol. The summed E-state index contributed by atoms with van der Waals surface area (Å²) in [4.78, 5) is 20.6. The smallest absolute Gasteiger partial charge is 0.253 e. The van der Waals surface area contributed by atoms with Gasteiger partial charge in [0.15, 0.2) is 5.96 Å². The third-order valence-corrected chi connectivity index (χ3v) is 5.63. The second-order valence-corrected chi connectivity index (χ2v) is 8.29. The minimum Gasteiger partial charge on any atom is -0.370 e. The van der Waals surface area contributed by atoms with E-state index in [9.17, 15) is 4.79 Å². The van der Waals surface area contributed by atoms with Gasteiger partial charge in [0.05, 0.1) is 13.2 Å². The van der Waals surface area contributed by atoms with Crippen molar-refractivity contribution < 1.29 is 9.53 Å². The summed E-state index contributed by atoms with van der Waals surface area (Å²) in [6, 6.07) is 14.4. The number of nitrogens with one attached hydrogen (secondary N) is 1. The summed E-state index contributed by atoms with van der Waals surface area (Å²) in [7, 11) is 5.36. The molecule has 6 nitrogen and oxygen atoms in total. The molecule has 0 spiro atoms. The number of nitrogens with zero attached hydrogens (tertiary/aromatic N) is 3. The summed E-state index contributed by atoms with van der Waals surface area (Å²) in [5.74, 6) is 0.912. The Morgan fingerprint density at radius 2 is 2.00 bits per heavy atom. The van der Waals surface area contributed by atoms with Crippen LogP contribution in [0.5, 0.6) is 0 Å². The maximum absolute atomic E-state index is 12.2. The van der Waals surface area contributed by atoms with Gasteiger partial charge >= 0.3 is 0 Å². The summed E-state index contributed by atoms with van der Waals surface area (Å²) >= 11 is 0. The molecule has 0 aromatic heterocycles. The van der Waals surface area contributed by atoms with Crippen molar-refractivity contribution in [3.8, 4) is 0 Å². The van der Waals surface area contributed by atoms with Crippen LogP contribution in [0, 0.1) is 13.8 Å². The molecular weight excluding hydrogens is 515 g/mol. The second kappa shape index (κ2) is 12.2. The minimum absolute atomic E-state index is 0. The van der Waals surface area contributed by atoms with Gasteiger partial charge < -0.3 is 19.9 Å². The molecule has 1 fully saturated rings.